The van der Waals surface area contributed by atoms with Gasteiger partial charge in [-0.15, -0.1) is 11.3 Å². The number of likely N-dealkylation sites (tertiary alicyclic amines) is 1. The summed E-state index contributed by atoms with van der Waals surface area (Å²) in [5.74, 6) is -0.655. The summed E-state index contributed by atoms with van der Waals surface area (Å²) >= 11 is 1.33. The molecular weight excluding hydrogens is 467 g/mol. The largest absolute Gasteiger partial charge is 0.417 e. The minimum Gasteiger partial charge on any atom is -0.371 e. The molecule has 4 rings (SSSR count). The van der Waals surface area contributed by atoms with Gasteiger partial charge in [0.2, 0.25) is 5.91 Å². The number of nitrogens with zero attached hydrogens (tertiary/aromatic N) is 5. The highest BCUT2D eigenvalue weighted by Gasteiger charge is 2.53. The summed E-state index contributed by atoms with van der Waals surface area (Å²) in [4.78, 5) is 35.2. The van der Waals surface area contributed by atoms with Gasteiger partial charge in [0.25, 0.3) is 5.91 Å². The number of halogens is 3. The van der Waals surface area contributed by atoms with Crippen molar-refractivity contribution in [1.82, 2.24) is 14.8 Å². The van der Waals surface area contributed by atoms with Crippen LogP contribution in [-0.4, -0.2) is 66.9 Å². The molecule has 2 amide bonds. The van der Waals surface area contributed by atoms with Gasteiger partial charge in [0.1, 0.15) is 5.69 Å². The predicted octanol–water partition coefficient (Wildman–Crippen LogP) is 3.48. The Hall–Kier alpha value is -3.13. The van der Waals surface area contributed by atoms with Gasteiger partial charge in [0.15, 0.2) is 0 Å². The van der Waals surface area contributed by atoms with Crippen molar-refractivity contribution in [2.45, 2.75) is 19.0 Å². The molecule has 1 aromatic heterocycles. The first kappa shape index (κ1) is 24.0. The summed E-state index contributed by atoms with van der Waals surface area (Å²) in [5, 5.41) is 10.7. The number of rotatable bonds is 3. The van der Waals surface area contributed by atoms with Crippen LogP contribution in [-0.2, 0) is 11.0 Å². The summed E-state index contributed by atoms with van der Waals surface area (Å²) in [6.45, 7) is 1.59. The van der Waals surface area contributed by atoms with Gasteiger partial charge in [-0.3, -0.25) is 9.59 Å². The fraction of sp³-hybridized carbons (Fsp3) is 0.478. The lowest BCUT2D eigenvalue weighted by Gasteiger charge is -2.43. The van der Waals surface area contributed by atoms with Crippen molar-refractivity contribution in [1.29, 1.82) is 5.26 Å². The van der Waals surface area contributed by atoms with Gasteiger partial charge in [-0.1, -0.05) is 0 Å². The van der Waals surface area contributed by atoms with E-state index in [0.29, 0.717) is 50.4 Å². The maximum absolute atomic E-state index is 13.4. The quantitative estimate of drug-likeness (QED) is 0.657. The van der Waals surface area contributed by atoms with Gasteiger partial charge in [-0.2, -0.15) is 18.4 Å². The smallest absolute Gasteiger partial charge is 0.371 e. The average molecular weight is 492 g/mol. The second kappa shape index (κ2) is 8.91. The highest BCUT2D eigenvalue weighted by Crippen LogP contribution is 2.47. The van der Waals surface area contributed by atoms with Gasteiger partial charge in [-0.25, -0.2) is 4.98 Å². The molecule has 11 heteroatoms. The van der Waals surface area contributed by atoms with E-state index >= 15 is 0 Å². The molecule has 0 radical (unpaired) electrons. The van der Waals surface area contributed by atoms with Crippen LogP contribution in [0.2, 0.25) is 0 Å². The molecule has 7 nitrogen and oxygen atoms in total. The van der Waals surface area contributed by atoms with Crippen LogP contribution in [0.4, 0.5) is 18.9 Å². The third-order valence-corrected chi connectivity index (χ3v) is 7.47. The van der Waals surface area contributed by atoms with E-state index in [0.717, 1.165) is 6.07 Å². The Morgan fingerprint density at radius 1 is 1.26 bits per heavy atom. The average Bonchev–Trinajstić information content (AvgIpc) is 3.46. The summed E-state index contributed by atoms with van der Waals surface area (Å²) in [6.07, 6.45) is -3.51. The zero-order chi connectivity index (χ0) is 24.7. The number of hydrogen-bond acceptors (Lipinski definition) is 6. The van der Waals surface area contributed by atoms with Gasteiger partial charge in [0, 0.05) is 56.8 Å². The van der Waals surface area contributed by atoms with Crippen molar-refractivity contribution in [3.8, 4) is 6.07 Å². The summed E-state index contributed by atoms with van der Waals surface area (Å²) in [5.41, 5.74) is 0.524. The van der Waals surface area contributed by atoms with E-state index in [1.165, 1.54) is 28.4 Å². The number of aromatic nitrogens is 1. The molecule has 2 aliphatic heterocycles. The minimum absolute atomic E-state index is 0.0558. The van der Waals surface area contributed by atoms with Crippen molar-refractivity contribution in [2.24, 2.45) is 11.3 Å². The summed E-state index contributed by atoms with van der Waals surface area (Å²) < 4.78 is 40.3. The Kier molecular flexibility index (Phi) is 6.29. The lowest BCUT2D eigenvalue weighted by Crippen LogP contribution is -2.48. The molecule has 34 heavy (non-hydrogen) atoms. The first-order valence-corrected chi connectivity index (χ1v) is 11.7. The molecule has 1 spiro atoms. The fourth-order valence-electron chi connectivity index (χ4n) is 5.03. The van der Waals surface area contributed by atoms with Crippen molar-refractivity contribution in [2.75, 3.05) is 45.2 Å². The number of hydrogen-bond donors (Lipinski definition) is 0. The molecule has 2 aromatic rings. The standard InChI is InChI=1S/C23H24F3N5O2S/c1-29(2)20(32)18-11-31(21(33)19-12-34-14-28-19)13-22(18)5-7-30(8-6-22)16-4-3-15(10-27)17(9-16)23(24,25)26/h3-4,9,12,14,18H,5-8,11,13H2,1-2H3. The summed E-state index contributed by atoms with van der Waals surface area (Å²) in [6, 6.07) is 5.35. The molecule has 2 aliphatic rings. The number of anilines is 1. The van der Waals surface area contributed by atoms with E-state index in [-0.39, 0.29) is 17.7 Å². The number of piperidine rings is 1. The Morgan fingerprint density at radius 2 is 1.97 bits per heavy atom. The maximum atomic E-state index is 13.4. The first-order chi connectivity index (χ1) is 16.1. The molecule has 0 N–H and O–H groups in total. The number of amides is 2. The van der Waals surface area contributed by atoms with Crippen molar-refractivity contribution in [3.63, 3.8) is 0 Å². The highest BCUT2D eigenvalue weighted by atomic mass is 32.1. The van der Waals surface area contributed by atoms with Crippen molar-refractivity contribution < 1.29 is 22.8 Å². The Balaban J connectivity index is 1.57. The second-order valence-electron chi connectivity index (χ2n) is 9.03. The molecule has 1 atom stereocenters. The Morgan fingerprint density at radius 3 is 2.53 bits per heavy atom. The molecule has 2 fully saturated rings. The SMILES string of the molecule is CN(C)C(=O)C1CN(C(=O)c2cscn2)CC12CCN(c1ccc(C#N)c(C(F)(F)F)c1)CC2. The third-order valence-electron chi connectivity index (χ3n) is 6.88. The van der Waals surface area contributed by atoms with Crippen LogP contribution in [0.1, 0.15) is 34.5 Å². The second-order valence-corrected chi connectivity index (χ2v) is 9.75. The van der Waals surface area contributed by atoms with Crippen LogP contribution in [0.15, 0.2) is 29.1 Å². The normalized spacial score (nSPS) is 19.8. The minimum atomic E-state index is -4.62. The molecule has 0 aliphatic carbocycles. The van der Waals surface area contributed by atoms with E-state index < -0.39 is 22.7 Å². The van der Waals surface area contributed by atoms with E-state index in [4.69, 9.17) is 5.26 Å². The van der Waals surface area contributed by atoms with Crippen LogP contribution in [0.3, 0.4) is 0 Å². The van der Waals surface area contributed by atoms with Crippen LogP contribution in [0.25, 0.3) is 0 Å². The van der Waals surface area contributed by atoms with Gasteiger partial charge in [0.05, 0.1) is 28.6 Å². The number of benzene rings is 1. The summed E-state index contributed by atoms with van der Waals surface area (Å²) in [7, 11) is 3.37. The topological polar surface area (TPSA) is 80.5 Å². The lowest BCUT2D eigenvalue weighted by atomic mass is 9.70. The molecule has 180 valence electrons. The molecule has 1 unspecified atom stereocenters. The van der Waals surface area contributed by atoms with Crippen LogP contribution in [0, 0.1) is 22.7 Å². The first-order valence-electron chi connectivity index (χ1n) is 10.8. The highest BCUT2D eigenvalue weighted by molar-refractivity contribution is 7.07. The zero-order valence-corrected chi connectivity index (χ0v) is 19.6. The number of carbonyl (C=O) groups excluding carboxylic acids is 2. The fourth-order valence-corrected chi connectivity index (χ4v) is 5.56. The lowest BCUT2D eigenvalue weighted by molar-refractivity contribution is -0.138. The number of thiazole rings is 1. The van der Waals surface area contributed by atoms with E-state index in [2.05, 4.69) is 4.98 Å². The van der Waals surface area contributed by atoms with E-state index in [1.54, 1.807) is 36.0 Å². The van der Waals surface area contributed by atoms with Crippen LogP contribution >= 0.6 is 11.3 Å². The Labute approximate surface area is 199 Å². The molecule has 1 aromatic carbocycles. The van der Waals surface area contributed by atoms with E-state index in [1.807, 2.05) is 4.90 Å². The maximum Gasteiger partial charge on any atom is 0.417 e. The number of nitriles is 1. The monoisotopic (exact) mass is 491 g/mol. The van der Waals surface area contributed by atoms with Crippen LogP contribution < -0.4 is 4.90 Å². The molecule has 2 saturated heterocycles. The van der Waals surface area contributed by atoms with E-state index in [9.17, 15) is 22.8 Å². The van der Waals surface area contributed by atoms with Crippen LogP contribution in [0.5, 0.6) is 0 Å². The molecular formula is C23H24F3N5O2S. The van der Waals surface area contributed by atoms with Gasteiger partial charge in [-0.05, 0) is 31.0 Å². The Bertz CT molecular complexity index is 1120. The third kappa shape index (κ3) is 4.34. The predicted molar refractivity (Wildman–Crippen MR) is 120 cm³/mol. The number of alkyl halides is 3. The zero-order valence-electron chi connectivity index (χ0n) is 18.8. The van der Waals surface area contributed by atoms with Gasteiger partial charge < -0.3 is 14.7 Å². The molecule has 3 heterocycles. The number of carbonyl (C=O) groups is 2. The molecule has 0 bridgehead atoms. The van der Waals surface area contributed by atoms with Gasteiger partial charge >= 0.3 is 6.18 Å². The van der Waals surface area contributed by atoms with Crippen molar-refractivity contribution >= 4 is 28.8 Å². The van der Waals surface area contributed by atoms with Crippen molar-refractivity contribution in [3.05, 3.63) is 45.9 Å². The molecule has 0 saturated carbocycles.